The number of amides is 1. The van der Waals surface area contributed by atoms with Gasteiger partial charge in [0.05, 0.1) is 32.3 Å². The van der Waals surface area contributed by atoms with E-state index < -0.39 is 0 Å². The summed E-state index contributed by atoms with van der Waals surface area (Å²) < 4.78 is 0. The summed E-state index contributed by atoms with van der Waals surface area (Å²) in [6.07, 6.45) is 0. The van der Waals surface area contributed by atoms with Gasteiger partial charge in [0.15, 0.2) is 0 Å². The van der Waals surface area contributed by atoms with E-state index in [0.29, 0.717) is 43.8 Å². The molecule has 32 heavy (non-hydrogen) atoms. The number of nitrogens with zero attached hydrogens (tertiary/aromatic N) is 2. The zero-order chi connectivity index (χ0) is 22.1. The molecule has 0 fully saturated rings. The Morgan fingerprint density at radius 1 is 0.969 bits per heavy atom. The van der Waals surface area contributed by atoms with Crippen LogP contribution in [0.5, 0.6) is 0 Å². The summed E-state index contributed by atoms with van der Waals surface area (Å²) in [5.74, 6) is 0.385. The van der Waals surface area contributed by atoms with Gasteiger partial charge in [-0.05, 0) is 35.7 Å². The molecular weight excluding hydrogens is 448 g/mol. The molecule has 5 aromatic rings. The third-order valence-electron chi connectivity index (χ3n) is 4.62. The summed E-state index contributed by atoms with van der Waals surface area (Å²) in [4.78, 5) is 39.7. The minimum Gasteiger partial charge on any atom is -0.324 e. The maximum absolute atomic E-state index is 12.3. The lowest BCUT2D eigenvalue weighted by atomic mass is 10.1. The molecule has 3 heterocycles. The van der Waals surface area contributed by atoms with Gasteiger partial charge in [0.2, 0.25) is 11.9 Å². The van der Waals surface area contributed by atoms with Crippen molar-refractivity contribution in [2.24, 2.45) is 0 Å². The topological polar surface area (TPSA) is 116 Å². The highest BCUT2D eigenvalue weighted by Gasteiger charge is 2.12. The van der Waals surface area contributed by atoms with Crippen LogP contribution in [-0.2, 0) is 0 Å². The van der Waals surface area contributed by atoms with Crippen LogP contribution in [0, 0.1) is 0 Å². The van der Waals surface area contributed by atoms with Crippen molar-refractivity contribution >= 4 is 57.5 Å². The van der Waals surface area contributed by atoms with Crippen LogP contribution < -0.4 is 16.2 Å². The normalized spacial score (nSPS) is 10.9. The predicted octanol–water partition coefficient (Wildman–Crippen LogP) is 5.02. The number of halogens is 1. The van der Waals surface area contributed by atoms with Gasteiger partial charge in [-0.2, -0.15) is 0 Å². The van der Waals surface area contributed by atoms with Crippen LogP contribution in [-0.4, -0.2) is 25.8 Å². The third-order valence-corrected chi connectivity index (χ3v) is 5.82. The average molecular weight is 463 g/mol. The van der Waals surface area contributed by atoms with Crippen LogP contribution in [0.15, 0.2) is 70.8 Å². The van der Waals surface area contributed by atoms with Crippen LogP contribution >= 0.6 is 22.9 Å². The minimum absolute atomic E-state index is 0.231. The van der Waals surface area contributed by atoms with Crippen molar-refractivity contribution < 1.29 is 4.79 Å². The van der Waals surface area contributed by atoms with E-state index in [9.17, 15) is 9.59 Å². The summed E-state index contributed by atoms with van der Waals surface area (Å²) in [6.45, 7) is 0. The second-order valence-electron chi connectivity index (χ2n) is 6.83. The molecule has 0 spiro atoms. The summed E-state index contributed by atoms with van der Waals surface area (Å²) in [5, 5.41) is 8.14. The van der Waals surface area contributed by atoms with Crippen molar-refractivity contribution in [3.8, 4) is 11.3 Å². The number of carbonyl (C=O) groups is 1. The highest BCUT2D eigenvalue weighted by molar-refractivity contribution is 7.12. The van der Waals surface area contributed by atoms with E-state index in [0.717, 1.165) is 0 Å². The number of thiophene rings is 1. The van der Waals surface area contributed by atoms with Gasteiger partial charge in [-0.3, -0.25) is 19.9 Å². The molecule has 4 N–H and O–H groups in total. The number of hydrogen-bond acceptors (Lipinski definition) is 6. The van der Waals surface area contributed by atoms with E-state index in [4.69, 9.17) is 11.6 Å². The molecule has 10 heteroatoms. The van der Waals surface area contributed by atoms with E-state index in [1.54, 1.807) is 24.3 Å². The summed E-state index contributed by atoms with van der Waals surface area (Å²) >= 11 is 7.54. The molecule has 0 aliphatic carbocycles. The molecule has 0 aliphatic heterocycles. The highest BCUT2D eigenvalue weighted by atomic mass is 35.5. The summed E-state index contributed by atoms with van der Waals surface area (Å²) in [5.41, 5.74) is 2.89. The van der Waals surface area contributed by atoms with Crippen molar-refractivity contribution in [2.45, 2.75) is 0 Å². The number of aromatic amines is 2. The fraction of sp³-hybridized carbons (Fsp3) is 0. The lowest BCUT2D eigenvalue weighted by molar-refractivity contribution is 0.103. The first-order valence-corrected chi connectivity index (χ1v) is 10.8. The van der Waals surface area contributed by atoms with Crippen LogP contribution in [0.1, 0.15) is 9.67 Å². The minimum atomic E-state index is -0.307. The van der Waals surface area contributed by atoms with Crippen LogP contribution in [0.3, 0.4) is 0 Å². The molecule has 0 saturated carbocycles. The Bertz CT molecular complexity index is 1490. The summed E-state index contributed by atoms with van der Waals surface area (Å²) in [7, 11) is 0. The fourth-order valence-electron chi connectivity index (χ4n) is 3.16. The molecule has 0 bridgehead atoms. The SMILES string of the molecule is O=C(Nc1nc2ccc(-c3cc(=O)[nH]c(Nc4ccccc4Cl)n3)cc2[nH]1)c1cccs1. The number of imidazole rings is 1. The molecule has 158 valence electrons. The zero-order valence-corrected chi connectivity index (χ0v) is 17.9. The molecule has 8 nitrogen and oxygen atoms in total. The van der Waals surface area contributed by atoms with Crippen molar-refractivity contribution in [3.63, 3.8) is 0 Å². The lowest BCUT2D eigenvalue weighted by Crippen LogP contribution is -2.11. The van der Waals surface area contributed by atoms with E-state index in [2.05, 4.69) is 30.6 Å². The maximum Gasteiger partial charge on any atom is 0.268 e. The Labute approximate surface area is 190 Å². The van der Waals surface area contributed by atoms with E-state index in [-0.39, 0.29) is 17.4 Å². The van der Waals surface area contributed by atoms with Gasteiger partial charge in [-0.15, -0.1) is 11.3 Å². The van der Waals surface area contributed by atoms with Gasteiger partial charge in [0.25, 0.3) is 11.5 Å². The molecule has 0 atom stereocenters. The van der Waals surface area contributed by atoms with Gasteiger partial charge in [-0.1, -0.05) is 35.9 Å². The number of fused-ring (bicyclic) bond motifs is 1. The van der Waals surface area contributed by atoms with E-state index in [1.165, 1.54) is 17.4 Å². The van der Waals surface area contributed by atoms with Crippen LogP contribution in [0.25, 0.3) is 22.3 Å². The smallest absolute Gasteiger partial charge is 0.268 e. The number of hydrogen-bond donors (Lipinski definition) is 4. The van der Waals surface area contributed by atoms with Crippen molar-refractivity contribution in [1.82, 2.24) is 19.9 Å². The molecule has 0 aliphatic rings. The molecule has 3 aromatic heterocycles. The molecule has 1 amide bonds. The lowest BCUT2D eigenvalue weighted by Gasteiger charge is -2.08. The molecule has 0 unspecified atom stereocenters. The van der Waals surface area contributed by atoms with Gasteiger partial charge < -0.3 is 10.3 Å². The quantitative estimate of drug-likeness (QED) is 0.292. The Kier molecular flexibility index (Phi) is 5.18. The fourth-order valence-corrected chi connectivity index (χ4v) is 3.96. The highest BCUT2D eigenvalue weighted by Crippen LogP contribution is 2.26. The molecule has 0 radical (unpaired) electrons. The number of aromatic nitrogens is 4. The second kappa shape index (κ2) is 8.29. The monoisotopic (exact) mass is 462 g/mol. The predicted molar refractivity (Wildman–Crippen MR) is 127 cm³/mol. The van der Waals surface area contributed by atoms with Gasteiger partial charge in [-0.25, -0.2) is 9.97 Å². The number of rotatable bonds is 5. The first kappa shape index (κ1) is 20.0. The first-order valence-electron chi connectivity index (χ1n) is 9.53. The van der Waals surface area contributed by atoms with Crippen LogP contribution in [0.4, 0.5) is 17.6 Å². The third kappa shape index (κ3) is 4.11. The maximum atomic E-state index is 12.3. The van der Waals surface area contributed by atoms with Crippen LogP contribution in [0.2, 0.25) is 5.02 Å². The zero-order valence-electron chi connectivity index (χ0n) is 16.3. The average Bonchev–Trinajstić information content (AvgIpc) is 3.44. The molecule has 2 aromatic carbocycles. The van der Waals surface area contributed by atoms with Gasteiger partial charge in [0.1, 0.15) is 0 Å². The Morgan fingerprint density at radius 2 is 1.84 bits per heavy atom. The Hall–Kier alpha value is -3.95. The Morgan fingerprint density at radius 3 is 2.66 bits per heavy atom. The van der Waals surface area contributed by atoms with Gasteiger partial charge >= 0.3 is 0 Å². The number of benzene rings is 2. The van der Waals surface area contributed by atoms with Crippen molar-refractivity contribution in [3.05, 3.63) is 86.3 Å². The number of carbonyl (C=O) groups excluding carboxylic acids is 1. The number of nitrogens with one attached hydrogen (secondary N) is 4. The van der Waals surface area contributed by atoms with E-state index in [1.807, 2.05) is 35.7 Å². The van der Waals surface area contributed by atoms with Gasteiger partial charge in [0, 0.05) is 11.6 Å². The number of anilines is 3. The summed E-state index contributed by atoms with van der Waals surface area (Å²) in [6, 6.07) is 17.6. The van der Waals surface area contributed by atoms with Crippen molar-refractivity contribution in [1.29, 1.82) is 0 Å². The molecule has 0 saturated heterocycles. The van der Waals surface area contributed by atoms with Crippen molar-refractivity contribution in [2.75, 3.05) is 10.6 Å². The molecule has 5 rings (SSSR count). The largest absolute Gasteiger partial charge is 0.324 e. The van der Waals surface area contributed by atoms with E-state index >= 15 is 0 Å². The molecular formula is C22H15ClN6O2S. The first-order chi connectivity index (χ1) is 15.5. The number of para-hydroxylation sites is 1. The number of H-pyrrole nitrogens is 2. The second-order valence-corrected chi connectivity index (χ2v) is 8.19. The Balaban J connectivity index is 1.44. The standard InChI is InChI=1S/C22H15ClN6O2S/c23-13-4-1-2-5-14(13)24-21-26-16(11-19(30)28-21)12-7-8-15-17(10-12)27-22(25-15)29-20(31)18-6-3-9-32-18/h1-11H,(H2,24,26,28,30)(H2,25,27,29,31).